The number of hydrogen-bond acceptors (Lipinski definition) is 8. The van der Waals surface area contributed by atoms with Crippen LogP contribution in [0.1, 0.15) is 62.5 Å². The molecule has 2 aromatic heterocycles. The molecule has 2 aliphatic heterocycles. The molecule has 0 aliphatic carbocycles. The lowest BCUT2D eigenvalue weighted by atomic mass is 10.0. The van der Waals surface area contributed by atoms with Crippen LogP contribution in [0.4, 0.5) is 14.5 Å². The van der Waals surface area contributed by atoms with Crippen LogP contribution in [0.25, 0.3) is 0 Å². The summed E-state index contributed by atoms with van der Waals surface area (Å²) < 4.78 is 27.8. The van der Waals surface area contributed by atoms with Crippen molar-refractivity contribution in [1.82, 2.24) is 29.8 Å². The van der Waals surface area contributed by atoms with Gasteiger partial charge in [0, 0.05) is 68.6 Å². The van der Waals surface area contributed by atoms with E-state index in [0.29, 0.717) is 29.9 Å². The summed E-state index contributed by atoms with van der Waals surface area (Å²) in [5.74, 6) is -2.67. The number of aromatic nitrogens is 4. The quantitative estimate of drug-likeness (QED) is 0.247. The van der Waals surface area contributed by atoms with Gasteiger partial charge in [0.05, 0.1) is 36.5 Å². The van der Waals surface area contributed by atoms with Crippen molar-refractivity contribution in [3.8, 4) is 0 Å². The van der Waals surface area contributed by atoms with E-state index in [9.17, 15) is 28.0 Å². The van der Waals surface area contributed by atoms with Crippen molar-refractivity contribution in [3.05, 3.63) is 110 Å². The Labute approximate surface area is 269 Å². The highest BCUT2D eigenvalue weighted by Gasteiger charge is 2.29. The van der Waals surface area contributed by atoms with Crippen molar-refractivity contribution in [2.24, 2.45) is 0 Å². The van der Waals surface area contributed by atoms with Crippen molar-refractivity contribution >= 4 is 23.2 Å². The van der Waals surface area contributed by atoms with E-state index in [4.69, 9.17) is 0 Å². The number of H-pyrrole nitrogens is 1. The lowest BCUT2D eigenvalue weighted by Crippen LogP contribution is -2.44. The Morgan fingerprint density at radius 3 is 2.40 bits per heavy atom. The Morgan fingerprint density at radius 1 is 0.894 bits per heavy atom. The van der Waals surface area contributed by atoms with E-state index in [1.165, 1.54) is 18.3 Å². The Hall–Kier alpha value is -5.04. The van der Waals surface area contributed by atoms with Gasteiger partial charge in [-0.25, -0.2) is 13.5 Å². The Bertz CT molecular complexity index is 1860. The van der Waals surface area contributed by atoms with Crippen LogP contribution in [-0.4, -0.2) is 80.5 Å². The highest BCUT2D eigenvalue weighted by Crippen LogP contribution is 2.26. The van der Waals surface area contributed by atoms with Crippen LogP contribution in [0.5, 0.6) is 0 Å². The van der Waals surface area contributed by atoms with Crippen molar-refractivity contribution in [1.29, 1.82) is 0 Å². The predicted octanol–water partition coefficient (Wildman–Crippen LogP) is 3.37. The van der Waals surface area contributed by atoms with Crippen LogP contribution >= 0.6 is 0 Å². The van der Waals surface area contributed by atoms with Gasteiger partial charge in [0.1, 0.15) is 0 Å². The number of aromatic amines is 1. The van der Waals surface area contributed by atoms with E-state index in [0.717, 1.165) is 59.9 Å². The van der Waals surface area contributed by atoms with Crippen LogP contribution in [0, 0.1) is 11.6 Å². The van der Waals surface area contributed by atoms with E-state index in [2.05, 4.69) is 32.1 Å². The molecule has 2 aliphatic rings. The van der Waals surface area contributed by atoms with E-state index < -0.39 is 23.0 Å². The summed E-state index contributed by atoms with van der Waals surface area (Å²) in [4.78, 5) is 58.1. The smallest absolute Gasteiger partial charge is 0.277 e. The molecule has 0 spiro atoms. The maximum Gasteiger partial charge on any atom is 0.277 e. The van der Waals surface area contributed by atoms with Gasteiger partial charge >= 0.3 is 0 Å². The minimum absolute atomic E-state index is 0.0236. The molecule has 0 radical (unpaired) electrons. The Balaban J connectivity index is 0.992. The third-order valence-electron chi connectivity index (χ3n) is 8.80. The number of Topliss-reactive ketones (excluding diaryl/α,β-unsaturated/α-hetero) is 2. The maximum atomic E-state index is 13.6. The molecule has 0 saturated carbocycles. The number of likely N-dealkylation sites (N-methyl/N-ethyl adjacent to an activating group) is 1. The minimum atomic E-state index is -1.04. The predicted molar refractivity (Wildman–Crippen MR) is 169 cm³/mol. The molecule has 0 unspecified atom stereocenters. The zero-order valence-electron chi connectivity index (χ0n) is 26.0. The molecule has 244 valence electrons. The molecule has 13 heteroatoms. The molecule has 1 amide bonds. The number of amides is 1. The molecule has 6 rings (SSSR count). The lowest BCUT2D eigenvalue weighted by Gasteiger charge is -2.34. The second kappa shape index (κ2) is 13.8. The van der Waals surface area contributed by atoms with Crippen molar-refractivity contribution in [2.45, 2.75) is 45.3 Å². The summed E-state index contributed by atoms with van der Waals surface area (Å²) in [6.07, 6.45) is 1.74. The average molecular weight is 644 g/mol. The number of ketones is 2. The molecule has 47 heavy (non-hydrogen) atoms. The molecular weight excluding hydrogens is 608 g/mol. The number of benzene rings is 2. The van der Waals surface area contributed by atoms with Crippen LogP contribution in [0.15, 0.2) is 59.5 Å². The van der Waals surface area contributed by atoms with Gasteiger partial charge in [-0.3, -0.25) is 24.3 Å². The number of piperazine rings is 1. The Morgan fingerprint density at radius 2 is 1.66 bits per heavy atom. The van der Waals surface area contributed by atoms with Gasteiger partial charge in [0.2, 0.25) is 5.91 Å². The minimum Gasteiger partial charge on any atom is -0.369 e. The lowest BCUT2D eigenvalue weighted by molar-refractivity contribution is -0.131. The number of halogens is 2. The molecule has 2 aromatic carbocycles. The summed E-state index contributed by atoms with van der Waals surface area (Å²) in [5, 5.41) is 11.3. The summed E-state index contributed by atoms with van der Waals surface area (Å²) in [6, 6.07) is 12.3. The summed E-state index contributed by atoms with van der Waals surface area (Å²) in [7, 11) is 2.11. The van der Waals surface area contributed by atoms with Gasteiger partial charge in [0.15, 0.2) is 23.2 Å². The number of nitrogens with zero attached hydrogens (tertiary/aromatic N) is 6. The zero-order valence-corrected chi connectivity index (χ0v) is 26.0. The highest BCUT2D eigenvalue weighted by molar-refractivity contribution is 5.98. The first kappa shape index (κ1) is 31.9. The molecule has 1 N–H and O–H groups in total. The van der Waals surface area contributed by atoms with Crippen LogP contribution in [-0.2, 0) is 30.8 Å². The van der Waals surface area contributed by atoms with Crippen molar-refractivity contribution in [3.63, 3.8) is 0 Å². The van der Waals surface area contributed by atoms with Crippen LogP contribution < -0.4 is 10.5 Å². The SMILES string of the molecule is CN1CCN(c2ccc(C(=O)Cc3n[nH]c4c3CN(C(=O)CCCC(=O)c3ccnn(Cc5ccc(F)c(F)c5)c3=O)C4)cc2)CC1. The Kier molecular flexibility index (Phi) is 9.34. The van der Waals surface area contributed by atoms with Gasteiger partial charge in [-0.05, 0) is 61.5 Å². The fourth-order valence-corrected chi connectivity index (χ4v) is 5.98. The standard InChI is InChI=1S/C34H35F2N7O4/c1-40-13-15-41(16-14-40)24-8-6-23(7-9-24)32(45)18-29-26-20-42(21-30(26)39-38-29)33(46)4-2-3-31(44)25-11-12-37-43(34(25)47)19-22-5-10-27(35)28(36)17-22/h5-12,17H,2-4,13-16,18-21H2,1H3,(H,38,39). The van der Waals surface area contributed by atoms with Crippen molar-refractivity contribution in [2.75, 3.05) is 38.1 Å². The summed E-state index contributed by atoms with van der Waals surface area (Å²) in [6.45, 7) is 4.43. The third-order valence-corrected chi connectivity index (χ3v) is 8.80. The topological polar surface area (TPSA) is 124 Å². The fourth-order valence-electron chi connectivity index (χ4n) is 5.98. The molecule has 1 fully saturated rings. The van der Waals surface area contributed by atoms with Gasteiger partial charge in [-0.15, -0.1) is 0 Å². The van der Waals surface area contributed by atoms with E-state index >= 15 is 0 Å². The molecule has 4 aromatic rings. The second-order valence-electron chi connectivity index (χ2n) is 12.0. The largest absolute Gasteiger partial charge is 0.369 e. The summed E-state index contributed by atoms with van der Waals surface area (Å²) >= 11 is 0. The van der Waals surface area contributed by atoms with Gasteiger partial charge in [-0.1, -0.05) is 6.07 Å². The van der Waals surface area contributed by atoms with E-state index in [1.807, 2.05) is 24.3 Å². The van der Waals surface area contributed by atoms with Gasteiger partial charge < -0.3 is 14.7 Å². The number of rotatable bonds is 11. The normalized spacial score (nSPS) is 14.8. The highest BCUT2D eigenvalue weighted by atomic mass is 19.2. The van der Waals surface area contributed by atoms with Crippen LogP contribution in [0.3, 0.4) is 0 Å². The number of nitrogens with one attached hydrogen (secondary N) is 1. The number of carbonyl (C=O) groups is 3. The molecular formula is C34H35F2N7O4. The fraction of sp³-hybridized carbons (Fsp3) is 0.353. The van der Waals surface area contributed by atoms with Crippen molar-refractivity contribution < 1.29 is 23.2 Å². The number of hydrogen-bond donors (Lipinski definition) is 1. The van der Waals surface area contributed by atoms with Gasteiger partial charge in [0.25, 0.3) is 5.56 Å². The first-order valence-electron chi connectivity index (χ1n) is 15.6. The van der Waals surface area contributed by atoms with E-state index in [-0.39, 0.29) is 49.5 Å². The summed E-state index contributed by atoms with van der Waals surface area (Å²) in [5.41, 5.74) is 3.56. The first-order valence-corrected chi connectivity index (χ1v) is 15.6. The molecule has 0 atom stereocenters. The first-order chi connectivity index (χ1) is 22.7. The van der Waals surface area contributed by atoms with Gasteiger partial charge in [-0.2, -0.15) is 10.2 Å². The van der Waals surface area contributed by atoms with Crippen LogP contribution in [0.2, 0.25) is 0 Å². The zero-order chi connectivity index (χ0) is 33.1. The monoisotopic (exact) mass is 643 g/mol. The van der Waals surface area contributed by atoms with E-state index in [1.54, 1.807) is 4.90 Å². The molecule has 0 bridgehead atoms. The molecule has 1 saturated heterocycles. The maximum absolute atomic E-state index is 13.6. The number of carbonyl (C=O) groups excluding carboxylic acids is 3. The second-order valence-corrected chi connectivity index (χ2v) is 12.0. The number of anilines is 1. The molecule has 11 nitrogen and oxygen atoms in total. The number of fused-ring (bicyclic) bond motifs is 1. The molecule has 4 heterocycles. The third kappa shape index (κ3) is 7.19. The average Bonchev–Trinajstić information content (AvgIpc) is 3.66.